The second-order valence-electron chi connectivity index (χ2n) is 12.2. The molecule has 39 heavy (non-hydrogen) atoms. The van der Waals surface area contributed by atoms with E-state index in [9.17, 15) is 10.2 Å². The predicted molar refractivity (Wildman–Crippen MR) is 167 cm³/mol. The topological polar surface area (TPSA) is 40.5 Å². The highest BCUT2D eigenvalue weighted by atomic mass is 32.1. The van der Waals surface area contributed by atoms with E-state index in [1.807, 2.05) is 71.4 Å². The predicted octanol–water partition coefficient (Wildman–Crippen LogP) is 9.03. The molecule has 0 fully saturated rings. The van der Waals surface area contributed by atoms with Crippen molar-refractivity contribution in [3.05, 3.63) is 137 Å². The van der Waals surface area contributed by atoms with E-state index in [0.717, 1.165) is 30.6 Å². The van der Waals surface area contributed by atoms with Crippen LogP contribution in [0.5, 0.6) is 0 Å². The highest BCUT2D eigenvalue weighted by Gasteiger charge is 2.41. The molecule has 2 atom stereocenters. The first-order chi connectivity index (χ1) is 18.3. The van der Waals surface area contributed by atoms with Gasteiger partial charge in [0.1, 0.15) is 0 Å². The van der Waals surface area contributed by atoms with Crippen molar-refractivity contribution < 1.29 is 10.2 Å². The third-order valence-electron chi connectivity index (χ3n) is 7.41. The zero-order chi connectivity index (χ0) is 28.1. The van der Waals surface area contributed by atoms with E-state index in [-0.39, 0.29) is 10.8 Å². The molecule has 0 aliphatic rings. The van der Waals surface area contributed by atoms with Gasteiger partial charge in [-0.15, -0.1) is 34.0 Å². The Labute approximate surface area is 244 Å². The SMILES string of the molecule is CC(C)(C)c1ccc(C(O)(c2cccs2)c2ccc(C(O)(c3ccc(C(C)(C)C)cc3)c3cccs3)s2)cc1. The Bertz CT molecular complexity index is 1400. The fourth-order valence-corrected chi connectivity index (χ4v) is 8.04. The zero-order valence-corrected chi connectivity index (χ0v) is 25.8. The van der Waals surface area contributed by atoms with Crippen LogP contribution in [0.1, 0.15) is 83.3 Å². The number of hydrogen-bond donors (Lipinski definition) is 2. The summed E-state index contributed by atoms with van der Waals surface area (Å²) < 4.78 is 0. The van der Waals surface area contributed by atoms with E-state index in [4.69, 9.17) is 0 Å². The van der Waals surface area contributed by atoms with Crippen LogP contribution >= 0.6 is 34.0 Å². The fourth-order valence-electron chi connectivity index (χ4n) is 4.93. The first kappa shape index (κ1) is 28.0. The second kappa shape index (κ2) is 10.1. The molecule has 5 rings (SSSR count). The summed E-state index contributed by atoms with van der Waals surface area (Å²) in [7, 11) is 0. The summed E-state index contributed by atoms with van der Waals surface area (Å²) >= 11 is 4.55. The van der Waals surface area contributed by atoms with Crippen molar-refractivity contribution >= 4 is 34.0 Å². The highest BCUT2D eigenvalue weighted by molar-refractivity contribution is 7.14. The Hall–Kier alpha value is -2.54. The molecule has 0 radical (unpaired) electrons. The maximum absolute atomic E-state index is 12.5. The summed E-state index contributed by atoms with van der Waals surface area (Å²) in [5, 5.41) is 28.9. The molecule has 3 heterocycles. The van der Waals surface area contributed by atoms with Gasteiger partial charge in [0.25, 0.3) is 0 Å². The quantitative estimate of drug-likeness (QED) is 0.213. The van der Waals surface area contributed by atoms with Gasteiger partial charge in [-0.25, -0.2) is 0 Å². The molecule has 2 aromatic carbocycles. The molecule has 0 aliphatic carbocycles. The van der Waals surface area contributed by atoms with Crippen LogP contribution in [0.25, 0.3) is 0 Å². The highest BCUT2D eigenvalue weighted by Crippen LogP contribution is 2.48. The first-order valence-corrected chi connectivity index (χ1v) is 15.8. The van der Waals surface area contributed by atoms with Gasteiger partial charge in [-0.3, -0.25) is 0 Å². The van der Waals surface area contributed by atoms with Crippen LogP contribution in [0.2, 0.25) is 0 Å². The number of hydrogen-bond acceptors (Lipinski definition) is 5. The Morgan fingerprint density at radius 3 is 1.05 bits per heavy atom. The minimum Gasteiger partial charge on any atom is -0.374 e. The van der Waals surface area contributed by atoms with Crippen molar-refractivity contribution in [1.82, 2.24) is 0 Å². The molecule has 2 unspecified atom stereocenters. The molecule has 5 heteroatoms. The summed E-state index contributed by atoms with van der Waals surface area (Å²) in [4.78, 5) is 3.27. The molecule has 0 spiro atoms. The van der Waals surface area contributed by atoms with Gasteiger partial charge in [0.2, 0.25) is 0 Å². The van der Waals surface area contributed by atoms with Crippen LogP contribution in [-0.4, -0.2) is 10.2 Å². The van der Waals surface area contributed by atoms with Crippen molar-refractivity contribution in [1.29, 1.82) is 0 Å². The van der Waals surface area contributed by atoms with Crippen molar-refractivity contribution in [2.24, 2.45) is 0 Å². The Balaban J connectivity index is 1.64. The lowest BCUT2D eigenvalue weighted by atomic mass is 9.83. The molecule has 5 aromatic rings. The standard InChI is InChI=1S/C34H36O2S3/c1-31(2,3)23-11-15-25(16-12-23)33(35,27-9-7-21-37-27)29-19-20-30(39-29)34(36,28-10-8-22-38-28)26-17-13-24(14-18-26)32(4,5)6/h7-22,35-36H,1-6H3. The van der Waals surface area contributed by atoms with E-state index in [1.54, 1.807) is 22.7 Å². The largest absolute Gasteiger partial charge is 0.374 e. The van der Waals surface area contributed by atoms with Gasteiger partial charge >= 0.3 is 0 Å². The van der Waals surface area contributed by atoms with Crippen molar-refractivity contribution in [2.75, 3.05) is 0 Å². The number of rotatable bonds is 6. The van der Waals surface area contributed by atoms with E-state index in [2.05, 4.69) is 65.8 Å². The number of aliphatic hydroxyl groups is 2. The number of benzene rings is 2. The molecule has 0 saturated carbocycles. The van der Waals surface area contributed by atoms with Gasteiger partial charge in [0.05, 0.1) is 0 Å². The Kier molecular flexibility index (Phi) is 7.28. The maximum Gasteiger partial charge on any atom is 0.158 e. The molecule has 0 amide bonds. The summed E-state index contributed by atoms with van der Waals surface area (Å²) in [6.07, 6.45) is 0. The lowest BCUT2D eigenvalue weighted by Crippen LogP contribution is -2.28. The Morgan fingerprint density at radius 2 is 0.769 bits per heavy atom. The van der Waals surface area contributed by atoms with Gasteiger partial charge < -0.3 is 10.2 Å². The van der Waals surface area contributed by atoms with Crippen molar-refractivity contribution in [2.45, 2.75) is 63.6 Å². The summed E-state index contributed by atoms with van der Waals surface area (Å²) in [6.45, 7) is 13.2. The van der Waals surface area contributed by atoms with Gasteiger partial charge in [0.15, 0.2) is 11.2 Å². The van der Waals surface area contributed by atoms with Crippen LogP contribution in [0.4, 0.5) is 0 Å². The van der Waals surface area contributed by atoms with Crippen LogP contribution < -0.4 is 0 Å². The van der Waals surface area contributed by atoms with E-state index in [0.29, 0.717) is 0 Å². The average molecular weight is 573 g/mol. The number of thiophene rings is 3. The molecule has 2 nitrogen and oxygen atoms in total. The zero-order valence-electron chi connectivity index (χ0n) is 23.4. The van der Waals surface area contributed by atoms with Crippen LogP contribution in [-0.2, 0) is 22.0 Å². The molecule has 0 aliphatic heterocycles. The van der Waals surface area contributed by atoms with Crippen molar-refractivity contribution in [3.8, 4) is 0 Å². The monoisotopic (exact) mass is 572 g/mol. The summed E-state index contributed by atoms with van der Waals surface area (Å²) in [6, 6.07) is 28.5. The second-order valence-corrected chi connectivity index (χ2v) is 15.2. The minimum atomic E-state index is -1.32. The minimum absolute atomic E-state index is 0.0232. The summed E-state index contributed by atoms with van der Waals surface area (Å²) in [5.41, 5.74) is 1.49. The third-order valence-corrected chi connectivity index (χ3v) is 10.7. The van der Waals surface area contributed by atoms with Gasteiger partial charge in [-0.1, -0.05) is 102 Å². The molecule has 3 aromatic heterocycles. The lowest BCUT2D eigenvalue weighted by Gasteiger charge is -2.30. The fraction of sp³-hybridized carbons (Fsp3) is 0.294. The molecule has 202 valence electrons. The third kappa shape index (κ3) is 5.07. The van der Waals surface area contributed by atoms with Crippen molar-refractivity contribution in [3.63, 3.8) is 0 Å². The average Bonchev–Trinajstić information content (AvgIpc) is 3.70. The first-order valence-electron chi connectivity index (χ1n) is 13.2. The normalized spacial score (nSPS) is 15.6. The van der Waals surface area contributed by atoms with Gasteiger partial charge in [-0.05, 0) is 68.1 Å². The van der Waals surface area contributed by atoms with E-state index in [1.165, 1.54) is 22.5 Å². The lowest BCUT2D eigenvalue weighted by molar-refractivity contribution is 0.132. The van der Waals surface area contributed by atoms with Crippen LogP contribution in [0, 0.1) is 0 Å². The maximum atomic E-state index is 12.5. The molecular weight excluding hydrogens is 537 g/mol. The summed E-state index contributed by atoms with van der Waals surface area (Å²) in [5.74, 6) is 0. The van der Waals surface area contributed by atoms with E-state index < -0.39 is 11.2 Å². The van der Waals surface area contributed by atoms with Gasteiger partial charge in [0, 0.05) is 19.5 Å². The molecule has 0 bridgehead atoms. The Morgan fingerprint density at radius 1 is 0.436 bits per heavy atom. The molecular formula is C34H36O2S3. The smallest absolute Gasteiger partial charge is 0.158 e. The molecule has 2 N–H and O–H groups in total. The van der Waals surface area contributed by atoms with Crippen LogP contribution in [0.15, 0.2) is 95.7 Å². The van der Waals surface area contributed by atoms with Gasteiger partial charge in [-0.2, -0.15) is 0 Å². The van der Waals surface area contributed by atoms with E-state index >= 15 is 0 Å². The van der Waals surface area contributed by atoms with Crippen LogP contribution in [0.3, 0.4) is 0 Å². The molecule has 0 saturated heterocycles.